The topological polar surface area (TPSA) is 72.8 Å². The molecule has 0 fully saturated rings. The van der Waals surface area contributed by atoms with Crippen molar-refractivity contribution in [3.8, 4) is 0 Å². The summed E-state index contributed by atoms with van der Waals surface area (Å²) in [7, 11) is 0. The standard InChI is InChI=1S/C7H16N2O3/c10-5-3-9(4-6-11)2-1-8-7-12/h7,10-11H,1-6H2,(H,8,12). The lowest BCUT2D eigenvalue weighted by atomic mass is 10.4. The molecule has 0 atom stereocenters. The molecule has 12 heavy (non-hydrogen) atoms. The van der Waals surface area contributed by atoms with E-state index in [4.69, 9.17) is 10.2 Å². The van der Waals surface area contributed by atoms with Crippen molar-refractivity contribution in [2.24, 2.45) is 0 Å². The molecule has 3 N–H and O–H groups in total. The molecule has 72 valence electrons. The van der Waals surface area contributed by atoms with Gasteiger partial charge in [-0.1, -0.05) is 0 Å². The normalized spacial score (nSPS) is 10.2. The molecule has 5 nitrogen and oxygen atoms in total. The number of amides is 1. The van der Waals surface area contributed by atoms with E-state index < -0.39 is 0 Å². The Labute approximate surface area is 72.0 Å². The van der Waals surface area contributed by atoms with Crippen LogP contribution in [-0.2, 0) is 4.79 Å². The van der Waals surface area contributed by atoms with Gasteiger partial charge < -0.3 is 15.5 Å². The first-order chi connectivity index (χ1) is 5.85. The number of hydrogen-bond donors (Lipinski definition) is 3. The van der Waals surface area contributed by atoms with Gasteiger partial charge in [0.05, 0.1) is 13.2 Å². The predicted octanol–water partition coefficient (Wildman–Crippen LogP) is -1.98. The van der Waals surface area contributed by atoms with Crippen LogP contribution in [0.1, 0.15) is 0 Å². The first-order valence-electron chi connectivity index (χ1n) is 3.96. The molecule has 0 saturated heterocycles. The van der Waals surface area contributed by atoms with Crippen molar-refractivity contribution in [1.82, 2.24) is 10.2 Å². The lowest BCUT2D eigenvalue weighted by Crippen LogP contribution is -2.35. The third-order valence-electron chi connectivity index (χ3n) is 1.49. The third-order valence-corrected chi connectivity index (χ3v) is 1.49. The van der Waals surface area contributed by atoms with Crippen molar-refractivity contribution in [2.45, 2.75) is 0 Å². The van der Waals surface area contributed by atoms with Crippen LogP contribution in [0, 0.1) is 0 Å². The summed E-state index contributed by atoms with van der Waals surface area (Å²) in [6.45, 7) is 2.40. The van der Waals surface area contributed by atoms with E-state index in [1.54, 1.807) is 0 Å². The highest BCUT2D eigenvalue weighted by atomic mass is 16.3. The van der Waals surface area contributed by atoms with Gasteiger partial charge in [-0.2, -0.15) is 0 Å². The van der Waals surface area contributed by atoms with Gasteiger partial charge >= 0.3 is 0 Å². The molecule has 1 amide bonds. The predicted molar refractivity (Wildman–Crippen MR) is 44.7 cm³/mol. The van der Waals surface area contributed by atoms with E-state index in [2.05, 4.69) is 5.32 Å². The van der Waals surface area contributed by atoms with Gasteiger partial charge in [0, 0.05) is 26.2 Å². The summed E-state index contributed by atoms with van der Waals surface area (Å²) >= 11 is 0. The number of nitrogens with one attached hydrogen (secondary N) is 1. The van der Waals surface area contributed by atoms with Crippen LogP contribution in [0.15, 0.2) is 0 Å². The van der Waals surface area contributed by atoms with Crippen LogP contribution in [0.5, 0.6) is 0 Å². The number of rotatable bonds is 8. The van der Waals surface area contributed by atoms with Gasteiger partial charge in [-0.25, -0.2) is 0 Å². The minimum atomic E-state index is 0.0705. The zero-order chi connectivity index (χ0) is 9.23. The van der Waals surface area contributed by atoms with Crippen LogP contribution in [0.25, 0.3) is 0 Å². The van der Waals surface area contributed by atoms with Gasteiger partial charge in [0.1, 0.15) is 0 Å². The molecule has 0 heterocycles. The molecule has 0 aromatic heterocycles. The van der Waals surface area contributed by atoms with E-state index in [1.165, 1.54) is 0 Å². The van der Waals surface area contributed by atoms with Crippen molar-refractivity contribution < 1.29 is 15.0 Å². The van der Waals surface area contributed by atoms with E-state index in [0.29, 0.717) is 32.6 Å². The second-order valence-electron chi connectivity index (χ2n) is 2.36. The fourth-order valence-corrected chi connectivity index (χ4v) is 0.900. The Morgan fingerprint density at radius 2 is 1.75 bits per heavy atom. The van der Waals surface area contributed by atoms with Crippen LogP contribution in [0.4, 0.5) is 0 Å². The number of aliphatic hydroxyl groups excluding tert-OH is 2. The highest BCUT2D eigenvalue weighted by molar-refractivity contribution is 5.45. The molecule has 0 aliphatic rings. The van der Waals surface area contributed by atoms with E-state index in [1.807, 2.05) is 4.90 Å². The molecule has 0 radical (unpaired) electrons. The summed E-state index contributed by atoms with van der Waals surface area (Å²) in [5, 5.41) is 19.7. The quantitative estimate of drug-likeness (QED) is 0.296. The van der Waals surface area contributed by atoms with Crippen molar-refractivity contribution in [2.75, 3.05) is 39.4 Å². The molecule has 0 unspecified atom stereocenters. The Bertz CT molecular complexity index is 105. The van der Waals surface area contributed by atoms with Crippen molar-refractivity contribution >= 4 is 6.41 Å². The van der Waals surface area contributed by atoms with E-state index in [9.17, 15) is 4.79 Å². The first-order valence-corrected chi connectivity index (χ1v) is 3.96. The molecule has 0 saturated carbocycles. The van der Waals surface area contributed by atoms with Gasteiger partial charge in [-0.15, -0.1) is 0 Å². The van der Waals surface area contributed by atoms with Crippen molar-refractivity contribution in [3.63, 3.8) is 0 Å². The number of carbonyl (C=O) groups is 1. The SMILES string of the molecule is O=CNCCN(CCO)CCO. The highest BCUT2D eigenvalue weighted by Gasteiger charge is 2.01. The first kappa shape index (κ1) is 11.4. The molecule has 0 spiro atoms. The smallest absolute Gasteiger partial charge is 0.207 e. The van der Waals surface area contributed by atoms with E-state index >= 15 is 0 Å². The maximum Gasteiger partial charge on any atom is 0.207 e. The van der Waals surface area contributed by atoms with E-state index in [-0.39, 0.29) is 13.2 Å². The summed E-state index contributed by atoms with van der Waals surface area (Å²) in [6.07, 6.45) is 0.635. The van der Waals surface area contributed by atoms with Crippen LogP contribution in [0.2, 0.25) is 0 Å². The maximum atomic E-state index is 9.87. The largest absolute Gasteiger partial charge is 0.395 e. The number of carbonyl (C=O) groups excluding carboxylic acids is 1. The van der Waals surface area contributed by atoms with Gasteiger partial charge in [0.2, 0.25) is 6.41 Å². The lowest BCUT2D eigenvalue weighted by Gasteiger charge is -2.19. The molecule has 0 aromatic carbocycles. The molecule has 5 heteroatoms. The Morgan fingerprint density at radius 3 is 2.17 bits per heavy atom. The van der Waals surface area contributed by atoms with E-state index in [0.717, 1.165) is 0 Å². The fourth-order valence-electron chi connectivity index (χ4n) is 0.900. The Kier molecular flexibility index (Phi) is 7.99. The summed E-state index contributed by atoms with van der Waals surface area (Å²) in [6, 6.07) is 0. The van der Waals surface area contributed by atoms with Gasteiger partial charge in [-0.3, -0.25) is 9.69 Å². The fraction of sp³-hybridized carbons (Fsp3) is 0.857. The molecule has 0 aromatic rings. The number of nitrogens with zero attached hydrogens (tertiary/aromatic N) is 1. The molecule has 0 aliphatic heterocycles. The second-order valence-corrected chi connectivity index (χ2v) is 2.36. The van der Waals surface area contributed by atoms with Gasteiger partial charge in [0.25, 0.3) is 0 Å². The summed E-state index contributed by atoms with van der Waals surface area (Å²) in [4.78, 5) is 11.7. The van der Waals surface area contributed by atoms with Gasteiger partial charge in [-0.05, 0) is 0 Å². The van der Waals surface area contributed by atoms with Gasteiger partial charge in [0.15, 0.2) is 0 Å². The monoisotopic (exact) mass is 176 g/mol. The lowest BCUT2D eigenvalue weighted by molar-refractivity contribution is -0.109. The minimum absolute atomic E-state index is 0.0705. The number of hydrogen-bond acceptors (Lipinski definition) is 4. The maximum absolute atomic E-state index is 9.87. The van der Waals surface area contributed by atoms with Crippen LogP contribution < -0.4 is 5.32 Å². The Balaban J connectivity index is 3.40. The molecular formula is C7H16N2O3. The number of aliphatic hydroxyl groups is 2. The second kappa shape index (κ2) is 8.45. The Hall–Kier alpha value is -0.650. The Morgan fingerprint density at radius 1 is 1.17 bits per heavy atom. The average Bonchev–Trinajstić information content (AvgIpc) is 2.06. The van der Waals surface area contributed by atoms with Crippen molar-refractivity contribution in [1.29, 1.82) is 0 Å². The summed E-state index contributed by atoms with van der Waals surface area (Å²) in [5.41, 5.74) is 0. The molecule has 0 rings (SSSR count). The zero-order valence-corrected chi connectivity index (χ0v) is 7.07. The van der Waals surface area contributed by atoms with Crippen LogP contribution >= 0.6 is 0 Å². The minimum Gasteiger partial charge on any atom is -0.395 e. The summed E-state index contributed by atoms with van der Waals surface area (Å²) < 4.78 is 0. The zero-order valence-electron chi connectivity index (χ0n) is 7.07. The van der Waals surface area contributed by atoms with Crippen LogP contribution in [0.3, 0.4) is 0 Å². The molecular weight excluding hydrogens is 160 g/mol. The average molecular weight is 176 g/mol. The highest BCUT2D eigenvalue weighted by Crippen LogP contribution is 1.84. The van der Waals surface area contributed by atoms with Crippen LogP contribution in [-0.4, -0.2) is 60.9 Å². The van der Waals surface area contributed by atoms with Crippen molar-refractivity contribution in [3.05, 3.63) is 0 Å². The third kappa shape index (κ3) is 6.09. The molecule has 0 aliphatic carbocycles. The molecule has 0 bridgehead atoms. The summed E-state index contributed by atoms with van der Waals surface area (Å²) in [5.74, 6) is 0.